The highest BCUT2D eigenvalue weighted by Gasteiger charge is 2.29. The molecule has 0 radical (unpaired) electrons. The third-order valence-electron chi connectivity index (χ3n) is 6.92. The summed E-state index contributed by atoms with van der Waals surface area (Å²) in [4.78, 5) is 52.2. The van der Waals surface area contributed by atoms with E-state index in [4.69, 9.17) is 20.6 Å². The molecule has 0 atom stereocenters. The number of methoxy groups -OCH3 is 1. The molecule has 0 aliphatic heterocycles. The van der Waals surface area contributed by atoms with Gasteiger partial charge in [-0.1, -0.05) is 48.5 Å². The van der Waals surface area contributed by atoms with E-state index in [1.807, 2.05) is 12.1 Å². The van der Waals surface area contributed by atoms with Crippen LogP contribution in [0.15, 0.2) is 66.7 Å². The predicted octanol–water partition coefficient (Wildman–Crippen LogP) is 4.69. The zero-order valence-electron chi connectivity index (χ0n) is 24.1. The van der Waals surface area contributed by atoms with E-state index in [0.717, 1.165) is 5.56 Å². The summed E-state index contributed by atoms with van der Waals surface area (Å²) in [5.74, 6) is -1.86. The van der Waals surface area contributed by atoms with Gasteiger partial charge in [0.2, 0.25) is 5.78 Å². The Hall–Kier alpha value is -4.96. The number of anilines is 1. The molecule has 1 aromatic heterocycles. The molecule has 0 fully saturated rings. The monoisotopic (exact) mass is 604 g/mol. The number of amidine groups is 1. The molecule has 0 amide bonds. The number of Topliss-reactive ketones (excluding diaryl/α,β-unsaturated/α-hetero) is 1. The first-order chi connectivity index (χ1) is 20.2. The van der Waals surface area contributed by atoms with Crippen LogP contribution in [0, 0.1) is 5.41 Å². The number of rotatable bonds is 12. The lowest BCUT2D eigenvalue weighted by molar-refractivity contribution is -0.140. The number of ketones is 2. The molecule has 10 nitrogen and oxygen atoms in total. The van der Waals surface area contributed by atoms with Crippen molar-refractivity contribution in [2.45, 2.75) is 19.8 Å². The maximum Gasteiger partial charge on any atom is 0.338 e. The van der Waals surface area contributed by atoms with Gasteiger partial charge in [-0.05, 0) is 37.1 Å². The SMILES string of the molecule is CCOC(=O)CNc1ccc2c(C(=O)CCc3ccc(C(=N)N)cc3)c(C(=O)c3ccccc3C(=O)OC)n(C)c2c1.Cl. The number of fused-ring (bicyclic) bond motifs is 1. The minimum Gasteiger partial charge on any atom is -0.465 e. The first-order valence-electron chi connectivity index (χ1n) is 13.4. The van der Waals surface area contributed by atoms with Gasteiger partial charge >= 0.3 is 11.9 Å². The lowest BCUT2D eigenvalue weighted by atomic mass is 9.95. The normalized spacial score (nSPS) is 10.5. The highest BCUT2D eigenvalue weighted by Crippen LogP contribution is 2.32. The van der Waals surface area contributed by atoms with Crippen molar-refractivity contribution in [1.29, 1.82) is 5.41 Å². The van der Waals surface area contributed by atoms with Crippen LogP contribution in [0.2, 0.25) is 0 Å². The Balaban J connectivity index is 0.00000506. The lowest BCUT2D eigenvalue weighted by Crippen LogP contribution is -2.17. The summed E-state index contributed by atoms with van der Waals surface area (Å²) < 4.78 is 11.5. The third kappa shape index (κ3) is 7.10. The van der Waals surface area contributed by atoms with Crippen LogP contribution >= 0.6 is 12.4 Å². The molecule has 43 heavy (non-hydrogen) atoms. The van der Waals surface area contributed by atoms with E-state index in [-0.39, 0.29) is 66.0 Å². The summed E-state index contributed by atoms with van der Waals surface area (Å²) >= 11 is 0. The maximum atomic E-state index is 14.1. The van der Waals surface area contributed by atoms with Crippen LogP contribution < -0.4 is 11.1 Å². The van der Waals surface area contributed by atoms with Gasteiger partial charge in [0.25, 0.3) is 0 Å². The summed E-state index contributed by atoms with van der Waals surface area (Å²) in [6, 6.07) is 18.6. The summed E-state index contributed by atoms with van der Waals surface area (Å²) in [5, 5.41) is 11.2. The standard InChI is InChI=1S/C32H32N4O6.ClH/c1-4-42-27(38)18-35-21-14-15-24-25(17-21)36(2)29(30(39)22-7-5-6-8-23(22)32(40)41-3)28(24)26(37)16-11-19-9-12-20(13-10-19)31(33)34;/h5-10,12-15,17,35H,4,11,16,18H2,1-3H3,(H3,33,34);1H. The van der Waals surface area contributed by atoms with Gasteiger partial charge in [0.15, 0.2) is 5.78 Å². The van der Waals surface area contributed by atoms with Gasteiger partial charge in [0.05, 0.1) is 30.4 Å². The van der Waals surface area contributed by atoms with Gasteiger partial charge in [-0.15, -0.1) is 12.4 Å². The number of halogens is 1. The number of hydrogen-bond donors (Lipinski definition) is 3. The fourth-order valence-electron chi connectivity index (χ4n) is 4.81. The average Bonchev–Trinajstić information content (AvgIpc) is 3.29. The number of carbonyl (C=O) groups excluding carboxylic acids is 4. The van der Waals surface area contributed by atoms with Crippen molar-refractivity contribution >= 4 is 58.3 Å². The Morgan fingerprint density at radius 2 is 1.65 bits per heavy atom. The predicted molar refractivity (Wildman–Crippen MR) is 167 cm³/mol. The highest BCUT2D eigenvalue weighted by molar-refractivity contribution is 6.23. The molecule has 0 spiro atoms. The van der Waals surface area contributed by atoms with Crippen LogP contribution in [-0.4, -0.2) is 54.2 Å². The Labute approximate surface area is 255 Å². The molecule has 0 bridgehead atoms. The van der Waals surface area contributed by atoms with Gasteiger partial charge in [-0.25, -0.2) is 4.79 Å². The highest BCUT2D eigenvalue weighted by atomic mass is 35.5. The maximum absolute atomic E-state index is 14.1. The Morgan fingerprint density at radius 3 is 2.28 bits per heavy atom. The second-order valence-corrected chi connectivity index (χ2v) is 9.57. The number of hydrogen-bond acceptors (Lipinski definition) is 8. The molecular weight excluding hydrogens is 572 g/mol. The summed E-state index contributed by atoms with van der Waals surface area (Å²) in [5.41, 5.74) is 8.80. The van der Waals surface area contributed by atoms with Gasteiger partial charge < -0.3 is 25.1 Å². The summed E-state index contributed by atoms with van der Waals surface area (Å²) in [6.07, 6.45) is 0.513. The van der Waals surface area contributed by atoms with Crippen molar-refractivity contribution in [2.75, 3.05) is 25.6 Å². The van der Waals surface area contributed by atoms with Crippen molar-refractivity contribution in [3.8, 4) is 0 Å². The van der Waals surface area contributed by atoms with E-state index in [1.165, 1.54) is 19.2 Å². The van der Waals surface area contributed by atoms with E-state index < -0.39 is 17.7 Å². The van der Waals surface area contributed by atoms with E-state index in [0.29, 0.717) is 28.6 Å². The zero-order valence-corrected chi connectivity index (χ0v) is 24.9. The van der Waals surface area contributed by atoms with E-state index >= 15 is 0 Å². The van der Waals surface area contributed by atoms with E-state index in [9.17, 15) is 19.2 Å². The Morgan fingerprint density at radius 1 is 0.977 bits per heavy atom. The number of carbonyl (C=O) groups is 4. The number of nitrogens with zero attached hydrogens (tertiary/aromatic N) is 1. The third-order valence-corrected chi connectivity index (χ3v) is 6.92. The van der Waals surface area contributed by atoms with Crippen molar-refractivity contribution in [2.24, 2.45) is 12.8 Å². The molecule has 0 aliphatic rings. The summed E-state index contributed by atoms with van der Waals surface area (Å²) in [6.45, 7) is 1.95. The molecule has 3 aromatic carbocycles. The first kappa shape index (κ1) is 32.6. The second-order valence-electron chi connectivity index (χ2n) is 9.57. The van der Waals surface area contributed by atoms with Crippen molar-refractivity contribution < 1.29 is 28.7 Å². The molecule has 224 valence electrons. The number of aromatic nitrogens is 1. The van der Waals surface area contributed by atoms with Crippen LogP contribution in [0.5, 0.6) is 0 Å². The zero-order chi connectivity index (χ0) is 30.4. The van der Waals surface area contributed by atoms with Gasteiger partial charge in [0, 0.05) is 35.7 Å². The molecule has 0 saturated heterocycles. The largest absolute Gasteiger partial charge is 0.465 e. The van der Waals surface area contributed by atoms with E-state index in [2.05, 4.69) is 5.32 Å². The molecule has 0 aliphatic carbocycles. The number of aryl methyl sites for hydroxylation is 2. The Bertz CT molecular complexity index is 1690. The Kier molecular flexibility index (Phi) is 10.8. The topological polar surface area (TPSA) is 154 Å². The van der Waals surface area contributed by atoms with Crippen molar-refractivity contribution in [1.82, 2.24) is 4.57 Å². The number of nitrogens with one attached hydrogen (secondary N) is 2. The minimum absolute atomic E-state index is 0. The molecule has 4 aromatic rings. The van der Waals surface area contributed by atoms with Crippen LogP contribution in [0.1, 0.15) is 61.2 Å². The number of benzene rings is 3. The quantitative estimate of drug-likeness (QED) is 0.0910. The first-order valence-corrected chi connectivity index (χ1v) is 13.4. The minimum atomic E-state index is -0.662. The van der Waals surface area contributed by atoms with Crippen LogP contribution in [0.4, 0.5) is 5.69 Å². The fraction of sp³-hybridized carbons (Fsp3) is 0.219. The van der Waals surface area contributed by atoms with Crippen molar-refractivity contribution in [3.05, 3.63) is 100 Å². The number of ether oxygens (including phenoxy) is 2. The fourth-order valence-corrected chi connectivity index (χ4v) is 4.81. The van der Waals surface area contributed by atoms with E-state index in [1.54, 1.807) is 61.0 Å². The number of esters is 2. The molecule has 0 unspecified atom stereocenters. The van der Waals surface area contributed by atoms with Crippen LogP contribution in [0.25, 0.3) is 10.9 Å². The smallest absolute Gasteiger partial charge is 0.338 e. The second kappa shape index (κ2) is 14.3. The number of nitrogens with two attached hydrogens (primary N) is 1. The van der Waals surface area contributed by atoms with Gasteiger partial charge in [0.1, 0.15) is 18.1 Å². The molecular formula is C32H33ClN4O6. The molecule has 1 heterocycles. The van der Waals surface area contributed by atoms with Gasteiger partial charge in [-0.2, -0.15) is 0 Å². The van der Waals surface area contributed by atoms with Crippen LogP contribution in [-0.2, 0) is 27.7 Å². The molecule has 11 heteroatoms. The number of nitrogen functional groups attached to an aromatic ring is 1. The van der Waals surface area contributed by atoms with Crippen molar-refractivity contribution in [3.63, 3.8) is 0 Å². The average molecular weight is 605 g/mol. The lowest BCUT2D eigenvalue weighted by Gasteiger charge is -2.10. The van der Waals surface area contributed by atoms with Gasteiger partial charge in [-0.3, -0.25) is 19.8 Å². The molecule has 4 rings (SSSR count). The molecule has 0 saturated carbocycles. The van der Waals surface area contributed by atoms with Crippen LogP contribution in [0.3, 0.4) is 0 Å². The molecule has 4 N–H and O–H groups in total. The summed E-state index contributed by atoms with van der Waals surface area (Å²) in [7, 11) is 2.92.